The largest absolute Gasteiger partial charge is 0.341 e. The summed E-state index contributed by atoms with van der Waals surface area (Å²) in [6.45, 7) is 5.46. The van der Waals surface area contributed by atoms with E-state index in [-0.39, 0.29) is 17.2 Å². The maximum absolute atomic E-state index is 12.6. The van der Waals surface area contributed by atoms with Gasteiger partial charge in [0.2, 0.25) is 5.91 Å². The lowest BCUT2D eigenvalue weighted by Crippen LogP contribution is -2.37. The minimum atomic E-state index is 0.137. The highest BCUT2D eigenvalue weighted by molar-refractivity contribution is 7.10. The lowest BCUT2D eigenvalue weighted by atomic mass is 9.81. The van der Waals surface area contributed by atoms with Gasteiger partial charge in [-0.15, -0.1) is 11.3 Å². The van der Waals surface area contributed by atoms with E-state index >= 15 is 0 Å². The minimum Gasteiger partial charge on any atom is -0.341 e. The van der Waals surface area contributed by atoms with E-state index in [1.807, 2.05) is 11.9 Å². The molecule has 2 rings (SSSR count). The van der Waals surface area contributed by atoms with Gasteiger partial charge in [-0.25, -0.2) is 0 Å². The van der Waals surface area contributed by atoms with Gasteiger partial charge in [-0.2, -0.15) is 0 Å². The van der Waals surface area contributed by atoms with Crippen molar-refractivity contribution >= 4 is 17.2 Å². The van der Waals surface area contributed by atoms with Gasteiger partial charge in [-0.1, -0.05) is 32.1 Å². The zero-order chi connectivity index (χ0) is 15.5. The van der Waals surface area contributed by atoms with E-state index in [0.29, 0.717) is 13.1 Å². The molecular formula is C17H24N2OS. The fourth-order valence-corrected chi connectivity index (χ4v) is 3.84. The van der Waals surface area contributed by atoms with Crippen LogP contribution < -0.4 is 5.73 Å². The van der Waals surface area contributed by atoms with E-state index in [9.17, 15) is 4.79 Å². The summed E-state index contributed by atoms with van der Waals surface area (Å²) in [4.78, 5) is 15.5. The first kappa shape index (κ1) is 16.1. The first-order valence-electron chi connectivity index (χ1n) is 7.45. The summed E-state index contributed by atoms with van der Waals surface area (Å²) in [6.07, 6.45) is 3.33. The summed E-state index contributed by atoms with van der Waals surface area (Å²) in [7, 11) is 1.90. The normalized spacial score (nSPS) is 19.9. The van der Waals surface area contributed by atoms with Crippen LogP contribution in [0.1, 0.15) is 43.6 Å². The van der Waals surface area contributed by atoms with E-state index in [0.717, 1.165) is 29.7 Å². The Labute approximate surface area is 131 Å². The topological polar surface area (TPSA) is 46.3 Å². The molecule has 0 aromatic carbocycles. The Kier molecular flexibility index (Phi) is 5.08. The molecule has 1 amide bonds. The zero-order valence-electron chi connectivity index (χ0n) is 13.1. The fraction of sp³-hybridized carbons (Fsp3) is 0.588. The molecule has 114 valence electrons. The van der Waals surface area contributed by atoms with Crippen LogP contribution in [-0.4, -0.2) is 24.4 Å². The zero-order valence-corrected chi connectivity index (χ0v) is 13.9. The molecule has 1 aromatic heterocycles. The second-order valence-electron chi connectivity index (χ2n) is 6.45. The van der Waals surface area contributed by atoms with Crippen LogP contribution >= 0.6 is 11.3 Å². The van der Waals surface area contributed by atoms with Gasteiger partial charge in [0, 0.05) is 19.5 Å². The van der Waals surface area contributed by atoms with Gasteiger partial charge in [0.1, 0.15) is 0 Å². The summed E-state index contributed by atoms with van der Waals surface area (Å²) in [5.41, 5.74) is 6.66. The maximum atomic E-state index is 12.6. The van der Waals surface area contributed by atoms with Crippen LogP contribution in [0.2, 0.25) is 0 Å². The van der Waals surface area contributed by atoms with Crippen molar-refractivity contribution in [1.82, 2.24) is 4.90 Å². The van der Waals surface area contributed by atoms with Crippen molar-refractivity contribution in [2.24, 2.45) is 17.1 Å². The molecule has 0 bridgehead atoms. The average molecular weight is 304 g/mol. The molecule has 21 heavy (non-hydrogen) atoms. The van der Waals surface area contributed by atoms with Crippen molar-refractivity contribution in [3.8, 4) is 11.8 Å². The van der Waals surface area contributed by atoms with Gasteiger partial charge < -0.3 is 10.6 Å². The number of amides is 1. The summed E-state index contributed by atoms with van der Waals surface area (Å²) < 4.78 is 0. The highest BCUT2D eigenvalue weighted by atomic mass is 32.1. The molecule has 1 aliphatic rings. The molecule has 0 spiro atoms. The minimum absolute atomic E-state index is 0.137. The number of nitrogens with two attached hydrogens (primary N) is 1. The Morgan fingerprint density at radius 1 is 1.57 bits per heavy atom. The van der Waals surface area contributed by atoms with Crippen molar-refractivity contribution in [2.45, 2.75) is 39.7 Å². The van der Waals surface area contributed by atoms with Crippen LogP contribution in [-0.2, 0) is 11.3 Å². The highest BCUT2D eigenvalue weighted by Crippen LogP contribution is 2.43. The molecule has 1 heterocycles. The lowest BCUT2D eigenvalue weighted by molar-refractivity contribution is -0.137. The number of thiophene rings is 1. The summed E-state index contributed by atoms with van der Waals surface area (Å²) in [6, 6.07) is 2.05. The third-order valence-corrected chi connectivity index (χ3v) is 5.21. The van der Waals surface area contributed by atoms with E-state index in [4.69, 9.17) is 5.73 Å². The third-order valence-electron chi connectivity index (χ3n) is 4.32. The molecular weight excluding hydrogens is 280 g/mol. The second-order valence-corrected chi connectivity index (χ2v) is 7.36. The van der Waals surface area contributed by atoms with Crippen LogP contribution in [0.5, 0.6) is 0 Å². The van der Waals surface area contributed by atoms with Gasteiger partial charge in [-0.3, -0.25) is 4.79 Å². The molecule has 0 radical (unpaired) electrons. The molecule has 1 saturated carbocycles. The Hall–Kier alpha value is -1.31. The standard InChI is InChI=1S/C17H24N2OS/c1-17(2)8-4-7-15(17)16(20)19(3)11-13-10-14(21-12-13)6-5-9-18/h10,12,15H,4,7-9,11,18H2,1-3H3. The first-order valence-corrected chi connectivity index (χ1v) is 8.33. The molecule has 1 aliphatic carbocycles. The maximum Gasteiger partial charge on any atom is 0.226 e. The highest BCUT2D eigenvalue weighted by Gasteiger charge is 2.40. The predicted octanol–water partition coefficient (Wildman–Crippen LogP) is 2.84. The van der Waals surface area contributed by atoms with E-state index in [1.165, 1.54) is 0 Å². The number of carbonyl (C=O) groups is 1. The van der Waals surface area contributed by atoms with E-state index in [1.54, 1.807) is 11.3 Å². The second kappa shape index (κ2) is 6.64. The van der Waals surface area contributed by atoms with Crippen LogP contribution in [0.4, 0.5) is 0 Å². The molecule has 3 nitrogen and oxygen atoms in total. The average Bonchev–Trinajstić information content (AvgIpc) is 3.01. The molecule has 1 fully saturated rings. The lowest BCUT2D eigenvalue weighted by Gasteiger charge is -2.29. The monoisotopic (exact) mass is 304 g/mol. The molecule has 0 saturated heterocycles. The van der Waals surface area contributed by atoms with E-state index < -0.39 is 0 Å². The fourth-order valence-electron chi connectivity index (χ4n) is 3.06. The number of hydrogen-bond donors (Lipinski definition) is 1. The molecule has 1 aromatic rings. The number of rotatable bonds is 3. The predicted molar refractivity (Wildman–Crippen MR) is 87.8 cm³/mol. The Morgan fingerprint density at radius 3 is 2.95 bits per heavy atom. The van der Waals surface area contributed by atoms with Crippen molar-refractivity contribution in [1.29, 1.82) is 0 Å². The van der Waals surface area contributed by atoms with Crippen molar-refractivity contribution < 1.29 is 4.79 Å². The van der Waals surface area contributed by atoms with Gasteiger partial charge >= 0.3 is 0 Å². The molecule has 1 atom stereocenters. The van der Waals surface area contributed by atoms with Crippen LogP contribution in [0, 0.1) is 23.2 Å². The SMILES string of the molecule is CN(Cc1csc(C#CCN)c1)C(=O)C1CCCC1(C)C. The van der Waals surface area contributed by atoms with Crippen LogP contribution in [0.25, 0.3) is 0 Å². The number of hydrogen-bond acceptors (Lipinski definition) is 3. The summed E-state index contributed by atoms with van der Waals surface area (Å²) in [5, 5.41) is 2.07. The molecule has 0 aliphatic heterocycles. The molecule has 4 heteroatoms. The Morgan fingerprint density at radius 2 is 2.33 bits per heavy atom. The number of nitrogens with zero attached hydrogens (tertiary/aromatic N) is 1. The first-order chi connectivity index (χ1) is 9.94. The quantitative estimate of drug-likeness (QED) is 0.873. The summed E-state index contributed by atoms with van der Waals surface area (Å²) >= 11 is 1.61. The molecule has 1 unspecified atom stereocenters. The van der Waals surface area contributed by atoms with Crippen molar-refractivity contribution in [3.63, 3.8) is 0 Å². The van der Waals surface area contributed by atoms with Gasteiger partial charge in [0.15, 0.2) is 0 Å². The summed E-state index contributed by atoms with van der Waals surface area (Å²) in [5.74, 6) is 6.33. The van der Waals surface area contributed by atoms with Crippen LogP contribution in [0.15, 0.2) is 11.4 Å². The Balaban J connectivity index is 1.99. The van der Waals surface area contributed by atoms with Gasteiger partial charge in [-0.05, 0) is 35.3 Å². The molecule has 2 N–H and O–H groups in total. The van der Waals surface area contributed by atoms with Gasteiger partial charge in [0.05, 0.1) is 11.4 Å². The Bertz CT molecular complexity index is 565. The smallest absolute Gasteiger partial charge is 0.226 e. The van der Waals surface area contributed by atoms with Crippen molar-refractivity contribution in [2.75, 3.05) is 13.6 Å². The number of carbonyl (C=O) groups excluding carboxylic acids is 1. The van der Waals surface area contributed by atoms with Crippen molar-refractivity contribution in [3.05, 3.63) is 21.9 Å². The van der Waals surface area contributed by atoms with Gasteiger partial charge in [0.25, 0.3) is 0 Å². The third kappa shape index (κ3) is 3.87. The van der Waals surface area contributed by atoms with Crippen LogP contribution in [0.3, 0.4) is 0 Å². The van der Waals surface area contributed by atoms with E-state index in [2.05, 4.69) is 37.1 Å².